The number of nitrogens with zero attached hydrogens (tertiary/aromatic N) is 2. The summed E-state index contributed by atoms with van der Waals surface area (Å²) in [7, 11) is 0. The molecule has 1 atom stereocenters. The van der Waals surface area contributed by atoms with Gasteiger partial charge in [0.15, 0.2) is 5.78 Å². The Kier molecular flexibility index (Phi) is 5.76. The summed E-state index contributed by atoms with van der Waals surface area (Å²) in [6, 6.07) is 19.3. The van der Waals surface area contributed by atoms with Crippen molar-refractivity contribution in [2.75, 3.05) is 10.2 Å². The summed E-state index contributed by atoms with van der Waals surface area (Å²) in [4.78, 5) is 40.9. The van der Waals surface area contributed by atoms with E-state index in [-0.39, 0.29) is 28.5 Å². The fraction of sp³-hybridized carbons (Fsp3) is 0.259. The molecule has 5 rings (SSSR count). The van der Waals surface area contributed by atoms with Crippen molar-refractivity contribution in [3.63, 3.8) is 0 Å². The third kappa shape index (κ3) is 4.37. The van der Waals surface area contributed by atoms with Gasteiger partial charge >= 0.3 is 5.00 Å². The molecular weight excluding hydrogens is 462 g/mol. The number of nitro groups is 1. The Bertz CT molecular complexity index is 1360. The van der Waals surface area contributed by atoms with Gasteiger partial charge in [0.2, 0.25) is 5.91 Å². The summed E-state index contributed by atoms with van der Waals surface area (Å²) in [5, 5.41) is 14.9. The number of para-hydroxylation sites is 2. The number of allylic oxidation sites excluding steroid dienone is 1. The predicted molar refractivity (Wildman–Crippen MR) is 136 cm³/mol. The summed E-state index contributed by atoms with van der Waals surface area (Å²) in [6.45, 7) is 4.10. The van der Waals surface area contributed by atoms with Gasteiger partial charge < -0.3 is 5.32 Å². The third-order valence-electron chi connectivity index (χ3n) is 6.43. The number of amides is 1. The van der Waals surface area contributed by atoms with E-state index in [0.29, 0.717) is 29.0 Å². The molecule has 2 aliphatic rings. The summed E-state index contributed by atoms with van der Waals surface area (Å²) < 4.78 is 0. The van der Waals surface area contributed by atoms with Crippen molar-refractivity contribution in [1.82, 2.24) is 0 Å². The fourth-order valence-electron chi connectivity index (χ4n) is 4.97. The molecule has 35 heavy (non-hydrogen) atoms. The van der Waals surface area contributed by atoms with Crippen molar-refractivity contribution < 1.29 is 14.5 Å². The average molecular weight is 488 g/mol. The zero-order valence-electron chi connectivity index (χ0n) is 19.5. The molecule has 1 amide bonds. The lowest BCUT2D eigenvalue weighted by atomic mass is 9.74. The SMILES string of the molecule is CC1(C)CC(=O)C2=C(C1)Nc1ccccc1N(C(=O)Cc1ccccc1)[C@H]2c1ccc([N+](=O)[O-])s1. The maximum Gasteiger partial charge on any atom is 0.324 e. The molecular formula is C27H25N3O4S. The van der Waals surface area contributed by atoms with Gasteiger partial charge in [-0.05, 0) is 35.6 Å². The molecule has 178 valence electrons. The van der Waals surface area contributed by atoms with E-state index in [4.69, 9.17) is 0 Å². The monoisotopic (exact) mass is 487 g/mol. The van der Waals surface area contributed by atoms with E-state index in [1.807, 2.05) is 54.6 Å². The molecule has 0 saturated heterocycles. The van der Waals surface area contributed by atoms with E-state index in [1.165, 1.54) is 6.07 Å². The van der Waals surface area contributed by atoms with Crippen LogP contribution in [0, 0.1) is 15.5 Å². The first-order valence-corrected chi connectivity index (χ1v) is 12.3. The summed E-state index contributed by atoms with van der Waals surface area (Å²) in [5.74, 6) is -0.229. The molecule has 0 radical (unpaired) electrons. The van der Waals surface area contributed by atoms with Gasteiger partial charge in [-0.1, -0.05) is 67.6 Å². The molecule has 1 aromatic heterocycles. The number of benzene rings is 2. The van der Waals surface area contributed by atoms with Crippen LogP contribution in [0.1, 0.15) is 43.2 Å². The van der Waals surface area contributed by atoms with E-state index in [2.05, 4.69) is 19.2 Å². The highest BCUT2D eigenvalue weighted by atomic mass is 32.1. The van der Waals surface area contributed by atoms with Gasteiger partial charge in [0, 0.05) is 28.6 Å². The largest absolute Gasteiger partial charge is 0.357 e. The predicted octanol–water partition coefficient (Wildman–Crippen LogP) is 6.04. The van der Waals surface area contributed by atoms with Crippen LogP contribution in [-0.4, -0.2) is 16.6 Å². The second-order valence-electron chi connectivity index (χ2n) is 9.74. The Morgan fingerprint density at radius 1 is 1.09 bits per heavy atom. The number of rotatable bonds is 4. The molecule has 0 unspecified atom stereocenters. The zero-order chi connectivity index (χ0) is 24.7. The standard InChI is InChI=1S/C27H25N3O4S/c1-27(2)15-19-25(21(31)16-27)26(22-12-13-24(35-22)30(33)34)29(20-11-7-6-10-18(20)28-19)23(32)14-17-8-4-3-5-9-17/h3-13,26,28H,14-16H2,1-2H3/t26-/m0/s1. The second kappa shape index (κ2) is 8.78. The second-order valence-corrected chi connectivity index (χ2v) is 10.8. The van der Waals surface area contributed by atoms with Gasteiger partial charge in [-0.2, -0.15) is 0 Å². The number of fused-ring (bicyclic) bond motifs is 1. The van der Waals surface area contributed by atoms with Crippen molar-refractivity contribution in [2.24, 2.45) is 5.41 Å². The Morgan fingerprint density at radius 2 is 1.80 bits per heavy atom. The maximum absolute atomic E-state index is 14.0. The molecule has 1 aliphatic heterocycles. The zero-order valence-corrected chi connectivity index (χ0v) is 20.3. The van der Waals surface area contributed by atoms with Gasteiger partial charge in [-0.25, -0.2) is 0 Å². The highest BCUT2D eigenvalue weighted by Crippen LogP contribution is 2.50. The third-order valence-corrected chi connectivity index (χ3v) is 7.52. The highest BCUT2D eigenvalue weighted by molar-refractivity contribution is 7.15. The van der Waals surface area contributed by atoms with Gasteiger partial charge in [-0.15, -0.1) is 0 Å². The Hall–Kier alpha value is -3.78. The molecule has 1 aliphatic carbocycles. The maximum atomic E-state index is 14.0. The summed E-state index contributed by atoms with van der Waals surface area (Å²) in [5.41, 5.74) is 3.28. The van der Waals surface area contributed by atoms with E-state index < -0.39 is 11.0 Å². The van der Waals surface area contributed by atoms with Crippen LogP contribution in [0.3, 0.4) is 0 Å². The number of ketones is 1. The van der Waals surface area contributed by atoms with Crippen molar-refractivity contribution >= 4 is 39.4 Å². The Morgan fingerprint density at radius 3 is 2.51 bits per heavy atom. The minimum atomic E-state index is -0.750. The molecule has 2 aromatic carbocycles. The fourth-order valence-corrected chi connectivity index (χ4v) is 5.90. The molecule has 0 fully saturated rings. The van der Waals surface area contributed by atoms with Crippen LogP contribution in [0.5, 0.6) is 0 Å². The van der Waals surface area contributed by atoms with Crippen LogP contribution in [0.2, 0.25) is 0 Å². The lowest BCUT2D eigenvalue weighted by Crippen LogP contribution is -2.40. The van der Waals surface area contributed by atoms with E-state index in [1.54, 1.807) is 11.0 Å². The summed E-state index contributed by atoms with van der Waals surface area (Å²) in [6.07, 6.45) is 1.11. The first-order chi connectivity index (χ1) is 16.7. The number of Topliss-reactive ketones (excluding diaryl/α,β-unsaturated/α-hetero) is 1. The molecule has 2 heterocycles. The van der Waals surface area contributed by atoms with Crippen LogP contribution in [0.25, 0.3) is 0 Å². The van der Waals surface area contributed by atoms with E-state index in [0.717, 1.165) is 28.3 Å². The minimum Gasteiger partial charge on any atom is -0.357 e. The number of hydrogen-bond acceptors (Lipinski definition) is 6. The van der Waals surface area contributed by atoms with Crippen LogP contribution >= 0.6 is 11.3 Å². The molecule has 1 N–H and O–H groups in total. The molecule has 8 heteroatoms. The number of anilines is 2. The molecule has 3 aromatic rings. The van der Waals surface area contributed by atoms with Crippen LogP contribution in [-0.2, 0) is 16.0 Å². The lowest BCUT2D eigenvalue weighted by molar-refractivity contribution is -0.380. The van der Waals surface area contributed by atoms with Gasteiger partial charge in [0.25, 0.3) is 0 Å². The van der Waals surface area contributed by atoms with E-state index >= 15 is 0 Å². The highest BCUT2D eigenvalue weighted by Gasteiger charge is 2.44. The van der Waals surface area contributed by atoms with Gasteiger partial charge in [-0.3, -0.25) is 24.6 Å². The molecule has 7 nitrogen and oxygen atoms in total. The van der Waals surface area contributed by atoms with E-state index in [9.17, 15) is 19.7 Å². The van der Waals surface area contributed by atoms with Crippen LogP contribution in [0.4, 0.5) is 16.4 Å². The van der Waals surface area contributed by atoms with Crippen molar-refractivity contribution in [1.29, 1.82) is 0 Å². The van der Waals surface area contributed by atoms with Crippen LogP contribution in [0.15, 0.2) is 78.0 Å². The summed E-state index contributed by atoms with van der Waals surface area (Å²) >= 11 is 1.01. The Balaban J connectivity index is 1.72. The molecule has 0 saturated carbocycles. The molecule has 0 spiro atoms. The first-order valence-electron chi connectivity index (χ1n) is 11.5. The first kappa shape index (κ1) is 23.0. The normalized spacial score (nSPS) is 18.9. The number of carbonyl (C=O) groups excluding carboxylic acids is 2. The number of thiophene rings is 1. The topological polar surface area (TPSA) is 92.6 Å². The number of hydrogen-bond donors (Lipinski definition) is 1. The number of nitrogens with one attached hydrogen (secondary N) is 1. The lowest BCUT2D eigenvalue weighted by Gasteiger charge is -2.36. The molecule has 0 bridgehead atoms. The minimum absolute atomic E-state index is 0.0216. The van der Waals surface area contributed by atoms with Crippen molar-refractivity contribution in [3.05, 3.63) is 98.6 Å². The smallest absolute Gasteiger partial charge is 0.324 e. The van der Waals surface area contributed by atoms with Gasteiger partial charge in [0.1, 0.15) is 6.04 Å². The average Bonchev–Trinajstić information content (AvgIpc) is 3.24. The number of carbonyl (C=O) groups is 2. The Labute approximate surface area is 207 Å². The quantitative estimate of drug-likeness (QED) is 0.358. The van der Waals surface area contributed by atoms with Crippen molar-refractivity contribution in [2.45, 2.75) is 39.2 Å². The van der Waals surface area contributed by atoms with Crippen molar-refractivity contribution in [3.8, 4) is 0 Å². The van der Waals surface area contributed by atoms with Gasteiger partial charge in [0.05, 0.1) is 22.7 Å². The van der Waals surface area contributed by atoms with Crippen LogP contribution < -0.4 is 10.2 Å².